The standard InChI is InChI=1S/C19H26N2O4/c1-3-13(2)19(25)21-10-4-5-15(12-21)18(24)20-16-8-6-14(7-9-16)11-17(22)23/h6-9,13,15H,3-5,10-12H2,1-2H3,(H,20,24)(H,22,23). The van der Waals surface area contributed by atoms with Crippen LogP contribution in [0.2, 0.25) is 0 Å². The molecule has 1 fully saturated rings. The van der Waals surface area contributed by atoms with Gasteiger partial charge in [0.25, 0.3) is 0 Å². The third-order valence-electron chi connectivity index (χ3n) is 4.71. The number of hydrogen-bond acceptors (Lipinski definition) is 3. The minimum absolute atomic E-state index is 0.0106. The molecule has 1 aliphatic rings. The fourth-order valence-corrected chi connectivity index (χ4v) is 3.00. The Morgan fingerprint density at radius 2 is 1.96 bits per heavy atom. The Bertz CT molecular complexity index is 627. The molecule has 0 saturated carbocycles. The van der Waals surface area contributed by atoms with Gasteiger partial charge in [-0.1, -0.05) is 26.0 Å². The molecule has 0 spiro atoms. The lowest BCUT2D eigenvalue weighted by atomic mass is 9.95. The van der Waals surface area contributed by atoms with Gasteiger partial charge in [0.1, 0.15) is 0 Å². The second-order valence-electron chi connectivity index (χ2n) is 6.69. The van der Waals surface area contributed by atoms with E-state index in [-0.39, 0.29) is 30.1 Å². The number of aliphatic carboxylic acids is 1. The van der Waals surface area contributed by atoms with E-state index in [0.717, 1.165) is 25.8 Å². The van der Waals surface area contributed by atoms with Gasteiger partial charge in [0.05, 0.1) is 12.3 Å². The second kappa shape index (κ2) is 8.65. The van der Waals surface area contributed by atoms with E-state index in [9.17, 15) is 14.4 Å². The van der Waals surface area contributed by atoms with Crippen molar-refractivity contribution in [1.82, 2.24) is 4.90 Å². The number of nitrogens with zero attached hydrogens (tertiary/aromatic N) is 1. The normalized spacial score (nSPS) is 18.5. The third-order valence-corrected chi connectivity index (χ3v) is 4.71. The number of nitrogens with one attached hydrogen (secondary N) is 1. The molecule has 25 heavy (non-hydrogen) atoms. The largest absolute Gasteiger partial charge is 0.481 e. The van der Waals surface area contributed by atoms with Crippen molar-refractivity contribution in [1.29, 1.82) is 0 Å². The first-order chi connectivity index (χ1) is 11.9. The van der Waals surface area contributed by atoms with Crippen molar-refractivity contribution in [2.75, 3.05) is 18.4 Å². The number of benzene rings is 1. The number of rotatable bonds is 6. The Hall–Kier alpha value is -2.37. The maximum Gasteiger partial charge on any atom is 0.307 e. The van der Waals surface area contributed by atoms with Crippen molar-refractivity contribution in [2.24, 2.45) is 11.8 Å². The van der Waals surface area contributed by atoms with E-state index in [2.05, 4.69) is 5.32 Å². The molecule has 0 aromatic heterocycles. The van der Waals surface area contributed by atoms with Crippen LogP contribution in [-0.2, 0) is 20.8 Å². The zero-order valence-corrected chi connectivity index (χ0v) is 14.8. The number of carbonyl (C=O) groups excluding carboxylic acids is 2. The molecule has 136 valence electrons. The summed E-state index contributed by atoms with van der Waals surface area (Å²) in [7, 11) is 0. The van der Waals surface area contributed by atoms with Crippen LogP contribution < -0.4 is 5.32 Å². The molecular weight excluding hydrogens is 320 g/mol. The number of anilines is 1. The first kappa shape index (κ1) is 19.0. The Kier molecular flexibility index (Phi) is 6.56. The minimum Gasteiger partial charge on any atom is -0.481 e. The number of carboxylic acids is 1. The Balaban J connectivity index is 1.93. The van der Waals surface area contributed by atoms with Gasteiger partial charge in [-0.05, 0) is 37.0 Å². The van der Waals surface area contributed by atoms with Crippen LogP contribution in [0.15, 0.2) is 24.3 Å². The highest BCUT2D eigenvalue weighted by Gasteiger charge is 2.29. The van der Waals surface area contributed by atoms with E-state index in [1.54, 1.807) is 29.2 Å². The zero-order chi connectivity index (χ0) is 18.4. The summed E-state index contributed by atoms with van der Waals surface area (Å²) in [6, 6.07) is 6.81. The van der Waals surface area contributed by atoms with Gasteiger partial charge in [-0.3, -0.25) is 14.4 Å². The molecule has 6 nitrogen and oxygen atoms in total. The van der Waals surface area contributed by atoms with Crippen LogP contribution in [-0.4, -0.2) is 40.9 Å². The van der Waals surface area contributed by atoms with Crippen molar-refractivity contribution in [3.63, 3.8) is 0 Å². The average Bonchev–Trinajstić information content (AvgIpc) is 2.61. The highest BCUT2D eigenvalue weighted by molar-refractivity contribution is 5.93. The van der Waals surface area contributed by atoms with Crippen LogP contribution in [0.5, 0.6) is 0 Å². The van der Waals surface area contributed by atoms with Gasteiger partial charge in [-0.15, -0.1) is 0 Å². The smallest absolute Gasteiger partial charge is 0.307 e. The van der Waals surface area contributed by atoms with Crippen molar-refractivity contribution in [3.05, 3.63) is 29.8 Å². The molecule has 2 N–H and O–H groups in total. The summed E-state index contributed by atoms with van der Waals surface area (Å²) in [6.07, 6.45) is 2.36. The van der Waals surface area contributed by atoms with E-state index in [1.165, 1.54) is 0 Å². The van der Waals surface area contributed by atoms with E-state index >= 15 is 0 Å². The van der Waals surface area contributed by atoms with Crippen molar-refractivity contribution in [2.45, 2.75) is 39.5 Å². The van der Waals surface area contributed by atoms with Gasteiger partial charge in [0.15, 0.2) is 0 Å². The van der Waals surface area contributed by atoms with Gasteiger partial charge in [0, 0.05) is 24.7 Å². The Morgan fingerprint density at radius 1 is 1.28 bits per heavy atom. The molecule has 1 aromatic rings. The molecule has 1 heterocycles. The van der Waals surface area contributed by atoms with Gasteiger partial charge >= 0.3 is 5.97 Å². The predicted octanol–water partition coefficient (Wildman–Crippen LogP) is 2.54. The number of carboxylic acid groups (broad SMARTS) is 1. The quantitative estimate of drug-likeness (QED) is 0.829. The summed E-state index contributed by atoms with van der Waals surface area (Å²) < 4.78 is 0. The van der Waals surface area contributed by atoms with Crippen LogP contribution in [0.3, 0.4) is 0 Å². The maximum atomic E-state index is 12.5. The Labute approximate surface area is 148 Å². The molecule has 0 radical (unpaired) electrons. The fraction of sp³-hybridized carbons (Fsp3) is 0.526. The van der Waals surface area contributed by atoms with Crippen LogP contribution >= 0.6 is 0 Å². The first-order valence-corrected chi connectivity index (χ1v) is 8.81. The number of carbonyl (C=O) groups is 3. The minimum atomic E-state index is -0.884. The van der Waals surface area contributed by atoms with Crippen LogP contribution in [0, 0.1) is 11.8 Å². The summed E-state index contributed by atoms with van der Waals surface area (Å²) >= 11 is 0. The van der Waals surface area contributed by atoms with Crippen molar-refractivity contribution >= 4 is 23.5 Å². The fourth-order valence-electron chi connectivity index (χ4n) is 3.00. The van der Waals surface area contributed by atoms with Crippen molar-refractivity contribution in [3.8, 4) is 0 Å². The molecule has 2 amide bonds. The van der Waals surface area contributed by atoms with E-state index in [1.807, 2.05) is 13.8 Å². The van der Waals surface area contributed by atoms with Gasteiger partial charge in [-0.2, -0.15) is 0 Å². The number of piperidine rings is 1. The highest BCUT2D eigenvalue weighted by Crippen LogP contribution is 2.21. The second-order valence-corrected chi connectivity index (χ2v) is 6.69. The lowest BCUT2D eigenvalue weighted by Crippen LogP contribution is -2.45. The predicted molar refractivity (Wildman–Crippen MR) is 95.2 cm³/mol. The SMILES string of the molecule is CCC(C)C(=O)N1CCCC(C(=O)Nc2ccc(CC(=O)O)cc2)C1. The summed E-state index contributed by atoms with van der Waals surface area (Å²) in [6.45, 7) is 5.10. The molecule has 1 saturated heterocycles. The van der Waals surface area contributed by atoms with Crippen LogP contribution in [0.1, 0.15) is 38.7 Å². The summed E-state index contributed by atoms with van der Waals surface area (Å²) in [5.74, 6) is -1.07. The maximum absolute atomic E-state index is 12.5. The average molecular weight is 346 g/mol. The lowest BCUT2D eigenvalue weighted by Gasteiger charge is -2.33. The monoisotopic (exact) mass is 346 g/mol. The number of hydrogen-bond donors (Lipinski definition) is 2. The molecule has 2 rings (SSSR count). The number of amides is 2. The van der Waals surface area contributed by atoms with Gasteiger partial charge < -0.3 is 15.3 Å². The number of likely N-dealkylation sites (tertiary alicyclic amines) is 1. The summed E-state index contributed by atoms with van der Waals surface area (Å²) in [5, 5.41) is 11.6. The molecule has 2 atom stereocenters. The van der Waals surface area contributed by atoms with Gasteiger partial charge in [0.2, 0.25) is 11.8 Å². The molecule has 0 bridgehead atoms. The summed E-state index contributed by atoms with van der Waals surface area (Å²) in [5.41, 5.74) is 1.33. The van der Waals surface area contributed by atoms with Gasteiger partial charge in [-0.25, -0.2) is 0 Å². The molecule has 1 aliphatic heterocycles. The van der Waals surface area contributed by atoms with E-state index in [4.69, 9.17) is 5.11 Å². The van der Waals surface area contributed by atoms with Crippen molar-refractivity contribution < 1.29 is 19.5 Å². The Morgan fingerprint density at radius 3 is 2.56 bits per heavy atom. The highest BCUT2D eigenvalue weighted by atomic mass is 16.4. The molecule has 2 unspecified atom stereocenters. The van der Waals surface area contributed by atoms with Crippen LogP contribution in [0.4, 0.5) is 5.69 Å². The topological polar surface area (TPSA) is 86.7 Å². The molecule has 0 aliphatic carbocycles. The molecule has 1 aromatic carbocycles. The zero-order valence-electron chi connectivity index (χ0n) is 14.8. The molecular formula is C19H26N2O4. The lowest BCUT2D eigenvalue weighted by molar-refractivity contribution is -0.138. The first-order valence-electron chi connectivity index (χ1n) is 8.81. The third kappa shape index (κ3) is 5.31. The van der Waals surface area contributed by atoms with E-state index in [0.29, 0.717) is 17.8 Å². The molecule has 6 heteroatoms. The van der Waals surface area contributed by atoms with E-state index < -0.39 is 5.97 Å². The summed E-state index contributed by atoms with van der Waals surface area (Å²) in [4.78, 5) is 37.3. The van der Waals surface area contributed by atoms with Crippen LogP contribution in [0.25, 0.3) is 0 Å².